The lowest BCUT2D eigenvalue weighted by Gasteiger charge is -2.30. The molecule has 1 saturated heterocycles. The van der Waals surface area contributed by atoms with Gasteiger partial charge in [0.05, 0.1) is 0 Å². The van der Waals surface area contributed by atoms with Crippen LogP contribution in [0.15, 0.2) is 65.7 Å². The second kappa shape index (κ2) is 9.26. The molecule has 4 rings (SSSR count). The second-order valence-electron chi connectivity index (χ2n) is 7.04. The van der Waals surface area contributed by atoms with Gasteiger partial charge in [0.15, 0.2) is 11.5 Å². The average molecular weight is 397 g/mol. The van der Waals surface area contributed by atoms with Crippen LogP contribution in [0.25, 0.3) is 0 Å². The molecular weight excluding hydrogens is 368 g/mol. The minimum absolute atomic E-state index is 0.0574. The highest BCUT2D eigenvalue weighted by atomic mass is 32.1. The fourth-order valence-corrected chi connectivity index (χ4v) is 4.00. The molecule has 148 valence electrons. The van der Waals surface area contributed by atoms with Crippen LogP contribution in [0.4, 0.5) is 0 Å². The maximum absolute atomic E-state index is 13.6. The maximum Gasteiger partial charge on any atom is 0.266 e. The number of thiol groups is 1. The van der Waals surface area contributed by atoms with E-state index >= 15 is 0 Å². The summed E-state index contributed by atoms with van der Waals surface area (Å²) in [5, 5.41) is 3.40. The Labute approximate surface area is 172 Å². The fourth-order valence-electron chi connectivity index (χ4n) is 4.00. The van der Waals surface area contributed by atoms with Crippen molar-refractivity contribution in [3.8, 4) is 0 Å². The summed E-state index contributed by atoms with van der Waals surface area (Å²) in [5.74, 6) is 0.662. The molecule has 0 radical (unpaired) electrons. The van der Waals surface area contributed by atoms with Crippen LogP contribution in [0.1, 0.15) is 24.0 Å². The van der Waals surface area contributed by atoms with E-state index in [9.17, 15) is 4.79 Å². The van der Waals surface area contributed by atoms with Gasteiger partial charge in [0.1, 0.15) is 0 Å². The molecule has 2 aliphatic rings. The molecule has 2 aliphatic heterocycles. The van der Waals surface area contributed by atoms with Gasteiger partial charge in [0.2, 0.25) is 0 Å². The van der Waals surface area contributed by atoms with Crippen molar-refractivity contribution in [3.63, 3.8) is 0 Å². The molecule has 2 heterocycles. The molecule has 1 atom stereocenters. The molecule has 1 unspecified atom stereocenters. The van der Waals surface area contributed by atoms with Crippen LogP contribution in [-0.2, 0) is 10.3 Å². The fraction of sp³-hybridized carbons (Fsp3) is 0.364. The lowest BCUT2D eigenvalue weighted by Crippen LogP contribution is -2.47. The van der Waals surface area contributed by atoms with E-state index in [0.717, 1.165) is 37.1 Å². The second-order valence-corrected chi connectivity index (χ2v) is 7.04. The highest BCUT2D eigenvalue weighted by Gasteiger charge is 2.50. The lowest BCUT2D eigenvalue weighted by atomic mass is 9.82. The predicted molar refractivity (Wildman–Crippen MR) is 118 cm³/mol. The average Bonchev–Trinajstić information content (AvgIpc) is 3.03. The first-order valence-electron chi connectivity index (χ1n) is 9.65. The van der Waals surface area contributed by atoms with Crippen molar-refractivity contribution in [3.05, 3.63) is 71.8 Å². The van der Waals surface area contributed by atoms with E-state index in [0.29, 0.717) is 18.4 Å². The van der Waals surface area contributed by atoms with E-state index in [4.69, 9.17) is 10.7 Å². The number of nitrogens with two attached hydrogens (primary N) is 1. The Morgan fingerprint density at radius 1 is 1.11 bits per heavy atom. The summed E-state index contributed by atoms with van der Waals surface area (Å²) in [6, 6.07) is 19.4. The van der Waals surface area contributed by atoms with Gasteiger partial charge in [-0.25, -0.2) is 4.99 Å². The van der Waals surface area contributed by atoms with Crippen LogP contribution in [-0.4, -0.2) is 42.7 Å². The SMILES string of the molecule is CS.NC1=NC(c2ccccc2)(c2ccccc2)C(=O)N1CC1CCCNC1. The predicted octanol–water partition coefficient (Wildman–Crippen LogP) is 2.63. The number of amides is 1. The van der Waals surface area contributed by atoms with Crippen LogP contribution in [0.2, 0.25) is 0 Å². The van der Waals surface area contributed by atoms with Crippen molar-refractivity contribution in [2.45, 2.75) is 18.4 Å². The summed E-state index contributed by atoms with van der Waals surface area (Å²) in [4.78, 5) is 20.0. The summed E-state index contributed by atoms with van der Waals surface area (Å²) < 4.78 is 0. The molecule has 0 aliphatic carbocycles. The van der Waals surface area contributed by atoms with Crippen LogP contribution in [0.5, 0.6) is 0 Å². The van der Waals surface area contributed by atoms with Gasteiger partial charge in [-0.1, -0.05) is 60.7 Å². The number of guanidine groups is 1. The zero-order valence-corrected chi connectivity index (χ0v) is 17.1. The normalized spacial score (nSPS) is 20.9. The van der Waals surface area contributed by atoms with Crippen molar-refractivity contribution >= 4 is 24.5 Å². The number of rotatable bonds is 4. The Balaban J connectivity index is 0.00000109. The molecule has 6 heteroatoms. The topological polar surface area (TPSA) is 70.7 Å². The van der Waals surface area contributed by atoms with Gasteiger partial charge >= 0.3 is 0 Å². The number of hydrogen-bond donors (Lipinski definition) is 3. The van der Waals surface area contributed by atoms with Crippen LogP contribution in [0, 0.1) is 5.92 Å². The smallest absolute Gasteiger partial charge is 0.266 e. The van der Waals surface area contributed by atoms with E-state index in [1.165, 1.54) is 0 Å². The Hall–Kier alpha value is -2.31. The van der Waals surface area contributed by atoms with Gasteiger partial charge in [0.25, 0.3) is 5.91 Å². The van der Waals surface area contributed by atoms with Crippen molar-refractivity contribution < 1.29 is 4.79 Å². The first kappa shape index (κ1) is 20.4. The lowest BCUT2D eigenvalue weighted by molar-refractivity contribution is -0.130. The Bertz CT molecular complexity index is 764. The zero-order valence-electron chi connectivity index (χ0n) is 16.2. The summed E-state index contributed by atoms with van der Waals surface area (Å²) in [6.45, 7) is 2.58. The van der Waals surface area contributed by atoms with E-state index < -0.39 is 5.54 Å². The number of piperidine rings is 1. The number of carbonyl (C=O) groups is 1. The van der Waals surface area contributed by atoms with E-state index in [1.54, 1.807) is 11.2 Å². The number of nitrogens with zero attached hydrogens (tertiary/aromatic N) is 2. The van der Waals surface area contributed by atoms with E-state index in [2.05, 4.69) is 17.9 Å². The third-order valence-electron chi connectivity index (χ3n) is 5.34. The van der Waals surface area contributed by atoms with Crippen molar-refractivity contribution in [1.29, 1.82) is 0 Å². The summed E-state index contributed by atoms with van der Waals surface area (Å²) in [5.41, 5.74) is 6.88. The minimum Gasteiger partial charge on any atom is -0.369 e. The van der Waals surface area contributed by atoms with Gasteiger partial charge < -0.3 is 11.1 Å². The molecule has 0 saturated carbocycles. The molecule has 0 aromatic heterocycles. The third-order valence-corrected chi connectivity index (χ3v) is 5.34. The number of carbonyl (C=O) groups excluding carboxylic acids is 1. The minimum atomic E-state index is -1.09. The molecule has 3 N–H and O–H groups in total. The molecule has 28 heavy (non-hydrogen) atoms. The van der Waals surface area contributed by atoms with Gasteiger partial charge in [-0.3, -0.25) is 9.69 Å². The molecule has 5 nitrogen and oxygen atoms in total. The van der Waals surface area contributed by atoms with Crippen molar-refractivity contribution in [2.24, 2.45) is 16.6 Å². The molecule has 0 bridgehead atoms. The van der Waals surface area contributed by atoms with Crippen molar-refractivity contribution in [1.82, 2.24) is 10.2 Å². The largest absolute Gasteiger partial charge is 0.369 e. The molecular formula is C22H28N4OS. The number of nitrogens with one attached hydrogen (secondary N) is 1. The summed E-state index contributed by atoms with van der Waals surface area (Å²) in [6.07, 6.45) is 3.93. The monoisotopic (exact) mass is 396 g/mol. The quantitative estimate of drug-likeness (QED) is 0.696. The number of hydrogen-bond acceptors (Lipinski definition) is 5. The number of benzene rings is 2. The first-order chi connectivity index (χ1) is 13.7. The molecule has 0 spiro atoms. The summed E-state index contributed by atoms with van der Waals surface area (Å²) in [7, 11) is 0. The van der Waals surface area contributed by atoms with E-state index in [1.807, 2.05) is 60.7 Å². The molecule has 2 aromatic rings. The first-order valence-corrected chi connectivity index (χ1v) is 10.5. The number of aliphatic imine (C=N–C) groups is 1. The van der Waals surface area contributed by atoms with Crippen LogP contribution < -0.4 is 11.1 Å². The molecule has 2 aromatic carbocycles. The maximum atomic E-state index is 13.6. The Morgan fingerprint density at radius 2 is 1.68 bits per heavy atom. The Kier molecular flexibility index (Phi) is 6.75. The molecule has 1 fully saturated rings. The highest BCUT2D eigenvalue weighted by molar-refractivity contribution is 7.79. The van der Waals surface area contributed by atoms with Crippen molar-refractivity contribution in [2.75, 3.05) is 25.9 Å². The standard InChI is InChI=1S/C21H24N4O.CH4S/c22-20-24-21(17-9-3-1-4-10-17,18-11-5-2-6-12-18)19(26)25(20)15-16-8-7-13-23-14-16;1-2/h1-6,9-12,16,23H,7-8,13-15H2,(H2,22,24);2H,1H3. The Morgan fingerprint density at radius 3 is 2.18 bits per heavy atom. The van der Waals surface area contributed by atoms with E-state index in [-0.39, 0.29) is 5.91 Å². The molecule has 1 amide bonds. The van der Waals surface area contributed by atoms with Gasteiger partial charge in [0, 0.05) is 6.54 Å². The van der Waals surface area contributed by atoms with Gasteiger partial charge in [-0.2, -0.15) is 12.6 Å². The van der Waals surface area contributed by atoms with Gasteiger partial charge in [-0.15, -0.1) is 0 Å². The zero-order chi connectivity index (χ0) is 20.0. The highest BCUT2D eigenvalue weighted by Crippen LogP contribution is 2.39. The van der Waals surface area contributed by atoms with Crippen LogP contribution in [0.3, 0.4) is 0 Å². The van der Waals surface area contributed by atoms with Gasteiger partial charge in [-0.05, 0) is 49.2 Å². The summed E-state index contributed by atoms with van der Waals surface area (Å²) >= 11 is 3.53. The third kappa shape index (κ3) is 3.80. The van der Waals surface area contributed by atoms with Crippen LogP contribution >= 0.6 is 12.6 Å².